The molecule has 1 aliphatic carbocycles. The van der Waals surface area contributed by atoms with Crippen LogP contribution in [0.5, 0.6) is 0 Å². The monoisotopic (exact) mass is 315 g/mol. The largest absolute Gasteiger partial charge is 0.348 e. The lowest BCUT2D eigenvalue weighted by Crippen LogP contribution is -2.42. The first kappa shape index (κ1) is 15.7. The number of carbonyl (C=O) groups excluding carboxylic acids is 1. The quantitative estimate of drug-likeness (QED) is 0.718. The minimum Gasteiger partial charge on any atom is -0.348 e. The van der Waals surface area contributed by atoms with Crippen molar-refractivity contribution < 1.29 is 17.6 Å². The molecule has 6 nitrogen and oxygen atoms in total. The van der Waals surface area contributed by atoms with Gasteiger partial charge in [0.15, 0.2) is 0 Å². The number of rotatable bonds is 6. The fraction of sp³-hybridized carbons (Fsp3) is 0.462. The summed E-state index contributed by atoms with van der Waals surface area (Å²) in [5.41, 5.74) is 5.60. The van der Waals surface area contributed by atoms with E-state index in [1.54, 1.807) is 0 Å². The molecule has 0 saturated heterocycles. The molecule has 116 valence electrons. The highest BCUT2D eigenvalue weighted by Crippen LogP contribution is 2.32. The second-order valence-electron chi connectivity index (χ2n) is 5.22. The summed E-state index contributed by atoms with van der Waals surface area (Å²) in [6.45, 7) is 0.292. The zero-order chi connectivity index (χ0) is 15.6. The molecule has 1 atom stereocenters. The van der Waals surface area contributed by atoms with E-state index in [4.69, 9.17) is 5.73 Å². The van der Waals surface area contributed by atoms with E-state index >= 15 is 0 Å². The van der Waals surface area contributed by atoms with Gasteiger partial charge < -0.3 is 11.1 Å². The molecule has 1 aromatic carbocycles. The van der Waals surface area contributed by atoms with Gasteiger partial charge in [-0.2, -0.15) is 0 Å². The third-order valence-corrected chi connectivity index (χ3v) is 3.87. The molecule has 1 amide bonds. The van der Waals surface area contributed by atoms with E-state index in [1.807, 2.05) is 0 Å². The fourth-order valence-electron chi connectivity index (χ4n) is 2.11. The van der Waals surface area contributed by atoms with Gasteiger partial charge in [-0.1, -0.05) is 0 Å². The molecule has 0 aliphatic heterocycles. The Kier molecular flexibility index (Phi) is 4.48. The molecule has 0 bridgehead atoms. The van der Waals surface area contributed by atoms with E-state index in [0.29, 0.717) is 12.5 Å². The fourth-order valence-corrected chi connectivity index (χ4v) is 2.68. The molecule has 8 heteroatoms. The topological polar surface area (TPSA) is 101 Å². The Balaban J connectivity index is 2.23. The minimum atomic E-state index is -3.56. The van der Waals surface area contributed by atoms with Crippen LogP contribution in [0.15, 0.2) is 18.2 Å². The Morgan fingerprint density at radius 1 is 1.48 bits per heavy atom. The Labute approximate surface area is 123 Å². The zero-order valence-electron chi connectivity index (χ0n) is 11.6. The summed E-state index contributed by atoms with van der Waals surface area (Å²) >= 11 is 0. The van der Waals surface area contributed by atoms with Crippen LogP contribution in [-0.2, 0) is 10.0 Å². The SMILES string of the molecule is CS(=O)(=O)Nc1ccc(F)cc1C(=O)NC(CN)C1CC1. The van der Waals surface area contributed by atoms with Gasteiger partial charge in [0, 0.05) is 12.6 Å². The lowest BCUT2D eigenvalue weighted by atomic mass is 10.1. The standard InChI is InChI=1S/C13H18FN3O3S/c1-21(19,20)17-11-5-4-9(14)6-10(11)13(18)16-12(7-15)8-2-3-8/h4-6,8,12,17H,2-3,7,15H2,1H3,(H,16,18). The van der Waals surface area contributed by atoms with Crippen LogP contribution in [0.25, 0.3) is 0 Å². The molecule has 4 N–H and O–H groups in total. The van der Waals surface area contributed by atoms with Gasteiger partial charge >= 0.3 is 0 Å². The summed E-state index contributed by atoms with van der Waals surface area (Å²) in [5.74, 6) is -0.809. The van der Waals surface area contributed by atoms with E-state index in [-0.39, 0.29) is 17.3 Å². The molecule has 2 rings (SSSR count). The third-order valence-electron chi connectivity index (χ3n) is 3.28. The van der Waals surface area contributed by atoms with Crippen molar-refractivity contribution in [2.45, 2.75) is 18.9 Å². The number of hydrogen-bond donors (Lipinski definition) is 3. The first-order valence-electron chi connectivity index (χ1n) is 6.58. The molecule has 0 radical (unpaired) electrons. The Morgan fingerprint density at radius 2 is 2.14 bits per heavy atom. The zero-order valence-corrected chi connectivity index (χ0v) is 12.4. The van der Waals surface area contributed by atoms with Crippen LogP contribution in [0.4, 0.5) is 10.1 Å². The van der Waals surface area contributed by atoms with Crippen molar-refractivity contribution in [2.24, 2.45) is 11.7 Å². The molecule has 0 aromatic heterocycles. The van der Waals surface area contributed by atoms with Crippen molar-refractivity contribution in [1.29, 1.82) is 0 Å². The maximum Gasteiger partial charge on any atom is 0.253 e. The van der Waals surface area contributed by atoms with Gasteiger partial charge in [0.2, 0.25) is 10.0 Å². The van der Waals surface area contributed by atoms with Crippen LogP contribution >= 0.6 is 0 Å². The van der Waals surface area contributed by atoms with Crippen LogP contribution < -0.4 is 15.8 Å². The van der Waals surface area contributed by atoms with Gasteiger partial charge in [0.05, 0.1) is 17.5 Å². The van der Waals surface area contributed by atoms with Crippen LogP contribution in [-0.4, -0.2) is 33.2 Å². The highest BCUT2D eigenvalue weighted by atomic mass is 32.2. The average Bonchev–Trinajstić information content (AvgIpc) is 3.20. The average molecular weight is 315 g/mol. The van der Waals surface area contributed by atoms with Crippen molar-refractivity contribution in [3.05, 3.63) is 29.6 Å². The normalized spacial score (nSPS) is 16.3. The smallest absolute Gasteiger partial charge is 0.253 e. The number of amides is 1. The summed E-state index contributed by atoms with van der Waals surface area (Å²) in [5, 5.41) is 2.73. The Morgan fingerprint density at radius 3 is 2.67 bits per heavy atom. The number of nitrogens with one attached hydrogen (secondary N) is 2. The number of carbonyl (C=O) groups is 1. The van der Waals surface area contributed by atoms with Crippen LogP contribution in [0, 0.1) is 11.7 Å². The number of benzene rings is 1. The van der Waals surface area contributed by atoms with Crippen LogP contribution in [0.1, 0.15) is 23.2 Å². The number of nitrogens with two attached hydrogens (primary N) is 1. The molecule has 1 saturated carbocycles. The minimum absolute atomic E-state index is 0.0444. The predicted molar refractivity (Wildman–Crippen MR) is 77.9 cm³/mol. The maximum atomic E-state index is 13.3. The van der Waals surface area contributed by atoms with Crippen molar-refractivity contribution in [2.75, 3.05) is 17.5 Å². The second kappa shape index (κ2) is 5.98. The van der Waals surface area contributed by atoms with Crippen molar-refractivity contribution in [1.82, 2.24) is 5.32 Å². The second-order valence-corrected chi connectivity index (χ2v) is 6.97. The van der Waals surface area contributed by atoms with Gasteiger partial charge in [0.25, 0.3) is 5.91 Å². The van der Waals surface area contributed by atoms with Gasteiger partial charge in [0.1, 0.15) is 5.82 Å². The van der Waals surface area contributed by atoms with E-state index in [9.17, 15) is 17.6 Å². The summed E-state index contributed by atoms with van der Waals surface area (Å²) in [6.07, 6.45) is 2.96. The molecular formula is C13H18FN3O3S. The molecule has 1 fully saturated rings. The van der Waals surface area contributed by atoms with E-state index < -0.39 is 21.7 Å². The molecule has 1 aliphatic rings. The molecule has 1 aromatic rings. The molecule has 0 heterocycles. The summed E-state index contributed by atoms with van der Waals surface area (Å²) in [6, 6.07) is 3.14. The van der Waals surface area contributed by atoms with Gasteiger partial charge in [-0.15, -0.1) is 0 Å². The maximum absolute atomic E-state index is 13.3. The van der Waals surface area contributed by atoms with E-state index in [2.05, 4.69) is 10.0 Å². The van der Waals surface area contributed by atoms with Gasteiger partial charge in [-0.3, -0.25) is 9.52 Å². The summed E-state index contributed by atoms with van der Waals surface area (Å²) in [4.78, 5) is 12.2. The first-order valence-corrected chi connectivity index (χ1v) is 8.47. The highest BCUT2D eigenvalue weighted by molar-refractivity contribution is 7.92. The lowest BCUT2D eigenvalue weighted by molar-refractivity contribution is 0.0934. The Hall–Kier alpha value is -1.67. The van der Waals surface area contributed by atoms with Crippen molar-refractivity contribution in [3.8, 4) is 0 Å². The van der Waals surface area contributed by atoms with Gasteiger partial charge in [-0.25, -0.2) is 12.8 Å². The molecular weight excluding hydrogens is 297 g/mol. The highest BCUT2D eigenvalue weighted by Gasteiger charge is 2.31. The van der Waals surface area contributed by atoms with E-state index in [1.165, 1.54) is 6.07 Å². The molecule has 1 unspecified atom stereocenters. The van der Waals surface area contributed by atoms with Crippen LogP contribution in [0.3, 0.4) is 0 Å². The molecule has 21 heavy (non-hydrogen) atoms. The summed E-state index contributed by atoms with van der Waals surface area (Å²) < 4.78 is 38.2. The molecule has 0 spiro atoms. The van der Waals surface area contributed by atoms with E-state index in [0.717, 1.165) is 31.2 Å². The number of anilines is 1. The predicted octanol–water partition coefficient (Wildman–Crippen LogP) is 0.664. The van der Waals surface area contributed by atoms with Crippen molar-refractivity contribution in [3.63, 3.8) is 0 Å². The number of hydrogen-bond acceptors (Lipinski definition) is 4. The van der Waals surface area contributed by atoms with Gasteiger partial charge in [-0.05, 0) is 37.0 Å². The van der Waals surface area contributed by atoms with Crippen LogP contribution in [0.2, 0.25) is 0 Å². The number of sulfonamides is 1. The first-order chi connectivity index (χ1) is 9.80. The lowest BCUT2D eigenvalue weighted by Gasteiger charge is -2.17. The third kappa shape index (κ3) is 4.40. The summed E-state index contributed by atoms with van der Waals surface area (Å²) in [7, 11) is -3.56. The Bertz CT molecular complexity index is 644. The van der Waals surface area contributed by atoms with Crippen molar-refractivity contribution >= 4 is 21.6 Å². The number of halogens is 1.